The fourth-order valence-electron chi connectivity index (χ4n) is 4.21. The second-order valence-electron chi connectivity index (χ2n) is 8.58. The highest BCUT2D eigenvalue weighted by Crippen LogP contribution is 2.42. The van der Waals surface area contributed by atoms with Gasteiger partial charge in [-0.3, -0.25) is 9.59 Å². The van der Waals surface area contributed by atoms with Crippen LogP contribution in [0.1, 0.15) is 41.1 Å². The minimum atomic E-state index is -0.509. The van der Waals surface area contributed by atoms with Gasteiger partial charge in [0.05, 0.1) is 10.0 Å². The second-order valence-corrected chi connectivity index (χ2v) is 10.5. The summed E-state index contributed by atoms with van der Waals surface area (Å²) in [5, 5.41) is 7.73. The van der Waals surface area contributed by atoms with Crippen molar-refractivity contribution in [1.29, 1.82) is 0 Å². The Morgan fingerprint density at radius 1 is 1.06 bits per heavy atom. The summed E-state index contributed by atoms with van der Waals surface area (Å²) in [4.78, 5) is 27.5. The Hall–Kier alpha value is -1.73. The second kappa shape index (κ2) is 11.6. The first-order valence-electron chi connectivity index (χ1n) is 11.4. The van der Waals surface area contributed by atoms with Crippen LogP contribution < -0.4 is 10.6 Å². The number of amides is 2. The fraction of sp³-hybridized carbons (Fsp3) is 0.440. The van der Waals surface area contributed by atoms with Gasteiger partial charge < -0.3 is 15.5 Å². The van der Waals surface area contributed by atoms with E-state index < -0.39 is 6.04 Å². The van der Waals surface area contributed by atoms with Crippen LogP contribution in [0.25, 0.3) is 0 Å². The molecule has 5 nitrogen and oxygen atoms in total. The van der Waals surface area contributed by atoms with Gasteiger partial charge in [-0.25, -0.2) is 0 Å². The molecule has 1 saturated carbocycles. The van der Waals surface area contributed by atoms with Gasteiger partial charge in [0.2, 0.25) is 5.91 Å². The lowest BCUT2D eigenvalue weighted by molar-refractivity contribution is -0.131. The Morgan fingerprint density at radius 2 is 1.82 bits per heavy atom. The zero-order valence-corrected chi connectivity index (χ0v) is 20.8. The van der Waals surface area contributed by atoms with Gasteiger partial charge in [-0.2, -0.15) is 11.8 Å². The molecule has 1 saturated heterocycles. The number of likely N-dealkylation sites (tertiary alicyclic amines) is 1. The molecule has 2 amide bonds. The van der Waals surface area contributed by atoms with E-state index in [0.717, 1.165) is 44.6 Å². The number of benzene rings is 2. The average molecular weight is 506 g/mol. The molecular weight excluding hydrogens is 477 g/mol. The van der Waals surface area contributed by atoms with Crippen LogP contribution in [0, 0.1) is 0 Å². The standard InChI is InChI=1S/C25H29Cl2N3O2S/c26-20-9-8-18(14-21(20)27)19-15-22(19)28-10-13-33-16-23(25(32)30-11-4-5-12-30)29-24(31)17-6-2-1-3-7-17/h1-3,6-9,14,19,22-23,28H,4-5,10-13,15-16H2,(H,29,31)/t19-,22?,23-/m0/s1. The first kappa shape index (κ1) is 24.4. The van der Waals surface area contributed by atoms with Crippen molar-refractivity contribution in [3.63, 3.8) is 0 Å². The van der Waals surface area contributed by atoms with E-state index in [1.54, 1.807) is 23.9 Å². The molecule has 8 heteroatoms. The highest BCUT2D eigenvalue weighted by molar-refractivity contribution is 7.99. The molecule has 2 aromatic rings. The van der Waals surface area contributed by atoms with Gasteiger partial charge in [-0.15, -0.1) is 0 Å². The normalized spacial score (nSPS) is 20.5. The van der Waals surface area contributed by atoms with E-state index in [-0.39, 0.29) is 11.8 Å². The molecule has 1 aliphatic heterocycles. The number of nitrogens with one attached hydrogen (secondary N) is 2. The van der Waals surface area contributed by atoms with E-state index in [1.165, 1.54) is 5.56 Å². The summed E-state index contributed by atoms with van der Waals surface area (Å²) in [5.74, 6) is 1.74. The smallest absolute Gasteiger partial charge is 0.251 e. The SMILES string of the molecule is O=C(N[C@@H](CSCCNC1C[C@H]1c1ccc(Cl)c(Cl)c1)C(=O)N1CCCC1)c1ccccc1. The quantitative estimate of drug-likeness (QED) is 0.463. The molecule has 1 aliphatic carbocycles. The van der Waals surface area contributed by atoms with E-state index >= 15 is 0 Å². The van der Waals surface area contributed by atoms with Crippen LogP contribution in [-0.4, -0.2) is 59.9 Å². The first-order valence-corrected chi connectivity index (χ1v) is 13.3. The molecule has 1 unspecified atom stereocenters. The minimum Gasteiger partial charge on any atom is -0.341 e. The van der Waals surface area contributed by atoms with Gasteiger partial charge in [0.1, 0.15) is 6.04 Å². The predicted octanol–water partition coefficient (Wildman–Crippen LogP) is 4.59. The molecule has 0 radical (unpaired) electrons. The number of hydrogen-bond donors (Lipinski definition) is 2. The number of thioether (sulfide) groups is 1. The van der Waals surface area contributed by atoms with Crippen molar-refractivity contribution in [2.45, 2.75) is 37.3 Å². The molecule has 0 bridgehead atoms. The zero-order valence-electron chi connectivity index (χ0n) is 18.4. The van der Waals surface area contributed by atoms with E-state index in [0.29, 0.717) is 33.3 Å². The number of rotatable bonds is 10. The largest absolute Gasteiger partial charge is 0.341 e. The molecule has 2 aliphatic rings. The Labute approximate surface area is 209 Å². The van der Waals surface area contributed by atoms with Crippen molar-refractivity contribution in [3.8, 4) is 0 Å². The highest BCUT2D eigenvalue weighted by atomic mass is 35.5. The van der Waals surface area contributed by atoms with Crippen molar-refractivity contribution < 1.29 is 9.59 Å². The summed E-state index contributed by atoms with van der Waals surface area (Å²) in [6.45, 7) is 2.41. The molecule has 4 rings (SSSR count). The van der Waals surface area contributed by atoms with Gasteiger partial charge in [0.25, 0.3) is 5.91 Å². The Morgan fingerprint density at radius 3 is 2.55 bits per heavy atom. The predicted molar refractivity (Wildman–Crippen MR) is 136 cm³/mol. The van der Waals surface area contributed by atoms with E-state index in [4.69, 9.17) is 23.2 Å². The molecule has 1 heterocycles. The highest BCUT2D eigenvalue weighted by Gasteiger charge is 2.38. The first-order chi connectivity index (χ1) is 16.0. The Bertz CT molecular complexity index is 969. The maximum atomic E-state index is 13.0. The third-order valence-electron chi connectivity index (χ3n) is 6.16. The molecule has 2 N–H and O–H groups in total. The summed E-state index contributed by atoms with van der Waals surface area (Å²) in [6, 6.07) is 14.9. The maximum absolute atomic E-state index is 13.0. The van der Waals surface area contributed by atoms with Crippen LogP contribution in [0.4, 0.5) is 0 Å². The lowest BCUT2D eigenvalue weighted by atomic mass is 10.1. The molecule has 33 heavy (non-hydrogen) atoms. The lowest BCUT2D eigenvalue weighted by Crippen LogP contribution is -2.49. The number of carbonyl (C=O) groups excluding carboxylic acids is 2. The summed E-state index contributed by atoms with van der Waals surface area (Å²) in [6.07, 6.45) is 3.15. The summed E-state index contributed by atoms with van der Waals surface area (Å²) in [7, 11) is 0. The average Bonchev–Trinajstić information content (AvgIpc) is 3.38. The van der Waals surface area contributed by atoms with Crippen LogP contribution in [0.2, 0.25) is 10.0 Å². The molecule has 0 aromatic heterocycles. The van der Waals surface area contributed by atoms with Crippen molar-refractivity contribution in [2.75, 3.05) is 31.1 Å². The minimum absolute atomic E-state index is 0.0270. The number of carbonyl (C=O) groups is 2. The third kappa shape index (κ3) is 6.66. The van der Waals surface area contributed by atoms with Crippen LogP contribution in [0.3, 0.4) is 0 Å². The van der Waals surface area contributed by atoms with E-state index in [2.05, 4.69) is 10.6 Å². The number of nitrogens with zero attached hydrogens (tertiary/aromatic N) is 1. The molecular formula is C25H29Cl2N3O2S. The molecule has 3 atom stereocenters. The van der Waals surface area contributed by atoms with Gasteiger partial charge in [-0.1, -0.05) is 47.5 Å². The van der Waals surface area contributed by atoms with Gasteiger partial charge in [-0.05, 0) is 49.1 Å². The van der Waals surface area contributed by atoms with Crippen LogP contribution in [-0.2, 0) is 4.79 Å². The van der Waals surface area contributed by atoms with Crippen molar-refractivity contribution in [1.82, 2.24) is 15.5 Å². The fourth-order valence-corrected chi connectivity index (χ4v) is 5.41. The third-order valence-corrected chi connectivity index (χ3v) is 7.96. The van der Waals surface area contributed by atoms with Crippen molar-refractivity contribution in [3.05, 3.63) is 69.7 Å². The molecule has 0 spiro atoms. The topological polar surface area (TPSA) is 61.4 Å². The van der Waals surface area contributed by atoms with Crippen LogP contribution in [0.5, 0.6) is 0 Å². The summed E-state index contributed by atoms with van der Waals surface area (Å²) < 4.78 is 0. The van der Waals surface area contributed by atoms with Crippen molar-refractivity contribution in [2.24, 2.45) is 0 Å². The monoisotopic (exact) mass is 505 g/mol. The van der Waals surface area contributed by atoms with Gasteiger partial charge in [0, 0.05) is 48.7 Å². The molecule has 176 valence electrons. The van der Waals surface area contributed by atoms with Crippen LogP contribution >= 0.6 is 35.0 Å². The number of halogens is 2. The van der Waals surface area contributed by atoms with E-state index in [1.807, 2.05) is 41.3 Å². The van der Waals surface area contributed by atoms with Gasteiger partial charge >= 0.3 is 0 Å². The maximum Gasteiger partial charge on any atom is 0.251 e. The summed E-state index contributed by atoms with van der Waals surface area (Å²) in [5.41, 5.74) is 1.79. The number of hydrogen-bond acceptors (Lipinski definition) is 4. The Kier molecular flexibility index (Phi) is 8.58. The van der Waals surface area contributed by atoms with Gasteiger partial charge in [0.15, 0.2) is 0 Å². The summed E-state index contributed by atoms with van der Waals surface area (Å²) >= 11 is 13.8. The molecule has 2 aromatic carbocycles. The Balaban J connectivity index is 1.23. The van der Waals surface area contributed by atoms with Crippen LogP contribution in [0.15, 0.2) is 48.5 Å². The van der Waals surface area contributed by atoms with E-state index in [9.17, 15) is 9.59 Å². The molecule has 2 fully saturated rings. The lowest BCUT2D eigenvalue weighted by Gasteiger charge is -2.24. The van der Waals surface area contributed by atoms with Crippen molar-refractivity contribution >= 4 is 46.8 Å². The zero-order chi connectivity index (χ0) is 23.2.